The molecule has 0 aromatic heterocycles. The van der Waals surface area contributed by atoms with Crippen molar-refractivity contribution in [3.63, 3.8) is 0 Å². The molecule has 5 unspecified atom stereocenters. The zero-order chi connectivity index (χ0) is 14.9. The second-order valence-electron chi connectivity index (χ2n) is 5.37. The molecule has 2 rings (SSSR count). The molecule has 114 valence electrons. The Morgan fingerprint density at radius 3 is 2.15 bits per heavy atom. The Morgan fingerprint density at radius 1 is 1.15 bits per heavy atom. The van der Waals surface area contributed by atoms with Gasteiger partial charge in [-0.15, -0.1) is 0 Å². The number of esters is 2. The van der Waals surface area contributed by atoms with E-state index in [-0.39, 0.29) is 11.8 Å². The third-order valence-electron chi connectivity index (χ3n) is 4.36. The van der Waals surface area contributed by atoms with Gasteiger partial charge in [0.2, 0.25) is 0 Å². The molecular weight excluding hydrogens is 277 g/mol. The minimum Gasteiger partial charge on any atom is -0.469 e. The molecule has 20 heavy (non-hydrogen) atoms. The Hall–Kier alpha value is -1.27. The molecule has 0 aromatic carbocycles. The van der Waals surface area contributed by atoms with Crippen molar-refractivity contribution >= 4 is 11.9 Å². The molecule has 5 atom stereocenters. The highest BCUT2D eigenvalue weighted by Crippen LogP contribution is 2.53. The van der Waals surface area contributed by atoms with E-state index in [1.165, 1.54) is 7.11 Å². The molecule has 2 fully saturated rings. The largest absolute Gasteiger partial charge is 0.469 e. The van der Waals surface area contributed by atoms with E-state index < -0.39 is 43.0 Å². The number of carbonyl (C=O) groups excluding carboxylic acids is 2. The summed E-state index contributed by atoms with van der Waals surface area (Å²) in [5.74, 6) is -2.89. The summed E-state index contributed by atoms with van der Waals surface area (Å²) in [7, 11) is 1.22. The predicted molar refractivity (Wildman–Crippen MR) is 61.7 cm³/mol. The Kier molecular flexibility index (Phi) is 4.55. The van der Waals surface area contributed by atoms with Gasteiger partial charge in [0.1, 0.15) is 6.67 Å². The number of hydrogen-bond donors (Lipinski definition) is 0. The van der Waals surface area contributed by atoms with E-state index in [1.807, 2.05) is 0 Å². The highest BCUT2D eigenvalue weighted by molar-refractivity contribution is 5.83. The molecule has 2 saturated carbocycles. The van der Waals surface area contributed by atoms with E-state index in [4.69, 9.17) is 0 Å². The molecule has 0 amide bonds. The van der Waals surface area contributed by atoms with Gasteiger partial charge in [0.05, 0.1) is 18.9 Å². The Labute approximate surface area is 114 Å². The Morgan fingerprint density at radius 2 is 1.70 bits per heavy atom. The maximum atomic E-state index is 12.4. The molecule has 4 nitrogen and oxygen atoms in total. The van der Waals surface area contributed by atoms with Gasteiger partial charge in [-0.2, -0.15) is 0 Å². The van der Waals surface area contributed by atoms with Crippen molar-refractivity contribution in [3.8, 4) is 0 Å². The van der Waals surface area contributed by atoms with Crippen LogP contribution >= 0.6 is 0 Å². The molecule has 0 heterocycles. The third-order valence-corrected chi connectivity index (χ3v) is 4.36. The maximum Gasteiger partial charge on any atom is 0.310 e. The van der Waals surface area contributed by atoms with Gasteiger partial charge in [0.25, 0.3) is 6.43 Å². The summed E-state index contributed by atoms with van der Waals surface area (Å²) in [6.07, 6.45) is -2.86. The summed E-state index contributed by atoms with van der Waals surface area (Å²) >= 11 is 0. The molecule has 2 aliphatic carbocycles. The van der Waals surface area contributed by atoms with Crippen LogP contribution < -0.4 is 0 Å². The van der Waals surface area contributed by atoms with Crippen molar-refractivity contribution in [2.24, 2.45) is 23.7 Å². The quantitative estimate of drug-likeness (QED) is 0.727. The lowest BCUT2D eigenvalue weighted by Gasteiger charge is -2.28. The topological polar surface area (TPSA) is 52.6 Å². The molecule has 0 saturated heterocycles. The van der Waals surface area contributed by atoms with Gasteiger partial charge in [-0.3, -0.25) is 9.59 Å². The van der Waals surface area contributed by atoms with Gasteiger partial charge < -0.3 is 9.47 Å². The molecule has 0 aliphatic heterocycles. The second-order valence-corrected chi connectivity index (χ2v) is 5.37. The number of ether oxygens (including phenoxy) is 2. The highest BCUT2D eigenvalue weighted by Gasteiger charge is 2.55. The lowest BCUT2D eigenvalue weighted by Crippen LogP contribution is -2.39. The van der Waals surface area contributed by atoms with Crippen molar-refractivity contribution in [3.05, 3.63) is 0 Å². The van der Waals surface area contributed by atoms with Crippen molar-refractivity contribution in [1.29, 1.82) is 0 Å². The van der Waals surface area contributed by atoms with Crippen LogP contribution in [0.1, 0.15) is 19.3 Å². The van der Waals surface area contributed by atoms with Crippen LogP contribution in [0.5, 0.6) is 0 Å². The van der Waals surface area contributed by atoms with Gasteiger partial charge in [-0.05, 0) is 31.1 Å². The van der Waals surface area contributed by atoms with Crippen LogP contribution in [0.15, 0.2) is 0 Å². The van der Waals surface area contributed by atoms with Crippen molar-refractivity contribution in [1.82, 2.24) is 0 Å². The minimum atomic E-state index is -3.07. The SMILES string of the molecule is COC(=O)C1C2CCC(C2)C1C(=O)OC(CF)C(F)F. The standard InChI is InChI=1S/C13H17F3O4/c1-19-12(17)9-6-2-3-7(4-6)10(9)13(18)20-8(5-14)11(15)16/h6-11H,2-5H2,1H3. The van der Waals surface area contributed by atoms with E-state index >= 15 is 0 Å². The van der Waals surface area contributed by atoms with Gasteiger partial charge >= 0.3 is 11.9 Å². The first kappa shape index (κ1) is 15.1. The first-order valence-electron chi connectivity index (χ1n) is 6.62. The van der Waals surface area contributed by atoms with Crippen LogP contribution in [-0.4, -0.2) is 38.3 Å². The Bertz CT molecular complexity index is 388. The average molecular weight is 294 g/mol. The fraction of sp³-hybridized carbons (Fsp3) is 0.846. The Balaban J connectivity index is 2.09. The minimum absolute atomic E-state index is 0.0281. The van der Waals surface area contributed by atoms with Gasteiger partial charge in [0, 0.05) is 0 Å². The highest BCUT2D eigenvalue weighted by atomic mass is 19.3. The number of carbonyl (C=O) groups is 2. The summed E-state index contributed by atoms with van der Waals surface area (Å²) < 4.78 is 46.5. The van der Waals surface area contributed by atoms with E-state index in [0.29, 0.717) is 6.42 Å². The van der Waals surface area contributed by atoms with E-state index in [2.05, 4.69) is 9.47 Å². The molecule has 0 N–H and O–H groups in total. The van der Waals surface area contributed by atoms with Crippen LogP contribution in [0.2, 0.25) is 0 Å². The van der Waals surface area contributed by atoms with Gasteiger partial charge in [0.15, 0.2) is 6.10 Å². The summed E-state index contributed by atoms with van der Waals surface area (Å²) in [5, 5.41) is 0. The summed E-state index contributed by atoms with van der Waals surface area (Å²) in [4.78, 5) is 23.8. The van der Waals surface area contributed by atoms with Crippen molar-refractivity contribution in [2.45, 2.75) is 31.8 Å². The van der Waals surface area contributed by atoms with Crippen LogP contribution in [0.25, 0.3) is 0 Å². The summed E-state index contributed by atoms with van der Waals surface area (Å²) in [6, 6.07) is 0. The fourth-order valence-electron chi connectivity index (χ4n) is 3.48. The number of hydrogen-bond acceptors (Lipinski definition) is 4. The van der Waals surface area contributed by atoms with Gasteiger partial charge in [-0.1, -0.05) is 0 Å². The number of alkyl halides is 3. The smallest absolute Gasteiger partial charge is 0.310 e. The van der Waals surface area contributed by atoms with E-state index in [9.17, 15) is 22.8 Å². The molecule has 0 spiro atoms. The van der Waals surface area contributed by atoms with Crippen molar-refractivity contribution < 1.29 is 32.2 Å². The van der Waals surface area contributed by atoms with Crippen LogP contribution in [0, 0.1) is 23.7 Å². The van der Waals surface area contributed by atoms with Crippen LogP contribution in [-0.2, 0) is 19.1 Å². The number of rotatable bonds is 5. The first-order valence-corrected chi connectivity index (χ1v) is 6.62. The van der Waals surface area contributed by atoms with Crippen molar-refractivity contribution in [2.75, 3.05) is 13.8 Å². The zero-order valence-electron chi connectivity index (χ0n) is 11.1. The summed E-state index contributed by atoms with van der Waals surface area (Å²) in [5.41, 5.74) is 0. The molecule has 2 bridgehead atoms. The zero-order valence-corrected chi connectivity index (χ0v) is 11.1. The third kappa shape index (κ3) is 2.62. The maximum absolute atomic E-state index is 12.4. The molecular formula is C13H17F3O4. The predicted octanol–water partition coefficient (Wildman–Crippen LogP) is 1.97. The lowest BCUT2D eigenvalue weighted by atomic mass is 9.79. The van der Waals surface area contributed by atoms with Crippen LogP contribution in [0.4, 0.5) is 13.2 Å². The van der Waals surface area contributed by atoms with Gasteiger partial charge in [-0.25, -0.2) is 13.2 Å². The molecule has 0 aromatic rings. The number of methoxy groups -OCH3 is 1. The number of fused-ring (bicyclic) bond motifs is 2. The number of halogens is 3. The second kappa shape index (κ2) is 6.01. The average Bonchev–Trinajstić information content (AvgIpc) is 3.03. The first-order chi connectivity index (χ1) is 9.49. The summed E-state index contributed by atoms with van der Waals surface area (Å²) in [6.45, 7) is -1.44. The lowest BCUT2D eigenvalue weighted by molar-refractivity contribution is -0.172. The normalized spacial score (nSPS) is 33.2. The van der Waals surface area contributed by atoms with Crippen LogP contribution in [0.3, 0.4) is 0 Å². The monoisotopic (exact) mass is 294 g/mol. The fourth-order valence-corrected chi connectivity index (χ4v) is 3.48. The van der Waals surface area contributed by atoms with E-state index in [1.54, 1.807) is 0 Å². The van der Waals surface area contributed by atoms with E-state index in [0.717, 1.165) is 12.8 Å². The molecule has 7 heteroatoms. The molecule has 2 aliphatic rings. The molecule has 0 radical (unpaired) electrons.